The molecule has 0 bridgehead atoms. The van der Waals surface area contributed by atoms with Crippen LogP contribution in [0.4, 0.5) is 0 Å². The first-order chi connectivity index (χ1) is 12.0. The maximum atomic E-state index is 12.6. The highest BCUT2D eigenvalue weighted by Crippen LogP contribution is 2.15. The molecule has 0 aliphatic carbocycles. The lowest BCUT2D eigenvalue weighted by Crippen LogP contribution is -2.51. The second kappa shape index (κ2) is 7.65. The molecular formula is C18H24N4O3. The molecule has 25 heavy (non-hydrogen) atoms. The van der Waals surface area contributed by atoms with E-state index >= 15 is 0 Å². The van der Waals surface area contributed by atoms with Gasteiger partial charge in [0.2, 0.25) is 5.89 Å². The van der Waals surface area contributed by atoms with Gasteiger partial charge in [-0.3, -0.25) is 9.69 Å². The average molecular weight is 344 g/mol. The molecule has 7 heteroatoms. The maximum absolute atomic E-state index is 12.6. The average Bonchev–Trinajstić information content (AvgIpc) is 3.02. The number of rotatable bonds is 5. The van der Waals surface area contributed by atoms with E-state index in [-0.39, 0.29) is 5.91 Å². The largest absolute Gasteiger partial charge is 0.481 e. The molecule has 1 amide bonds. The second-order valence-electron chi connectivity index (χ2n) is 6.40. The van der Waals surface area contributed by atoms with Crippen LogP contribution < -0.4 is 4.74 Å². The zero-order chi connectivity index (χ0) is 17.8. The Morgan fingerprint density at radius 1 is 1.20 bits per heavy atom. The van der Waals surface area contributed by atoms with Crippen molar-refractivity contribution in [2.75, 3.05) is 26.2 Å². The number of carbonyl (C=O) groups is 1. The summed E-state index contributed by atoms with van der Waals surface area (Å²) in [6, 6.07) is 7.74. The highest BCUT2D eigenvalue weighted by atomic mass is 16.5. The maximum Gasteiger partial charge on any atom is 0.263 e. The molecule has 1 aliphatic heterocycles. The summed E-state index contributed by atoms with van der Waals surface area (Å²) in [5, 5.41) is 3.92. The Balaban J connectivity index is 1.48. The highest BCUT2D eigenvalue weighted by molar-refractivity contribution is 5.81. The third kappa shape index (κ3) is 4.57. The third-order valence-electron chi connectivity index (χ3n) is 4.30. The first-order valence-electron chi connectivity index (χ1n) is 8.55. The molecule has 1 fully saturated rings. The summed E-state index contributed by atoms with van der Waals surface area (Å²) in [5.41, 5.74) is 1.17. The molecule has 0 saturated carbocycles. The van der Waals surface area contributed by atoms with Gasteiger partial charge in [0.25, 0.3) is 5.91 Å². The predicted octanol–water partition coefficient (Wildman–Crippen LogP) is 1.80. The highest BCUT2D eigenvalue weighted by Gasteiger charge is 2.26. The van der Waals surface area contributed by atoms with Crippen LogP contribution >= 0.6 is 0 Å². The fourth-order valence-corrected chi connectivity index (χ4v) is 2.86. The summed E-state index contributed by atoms with van der Waals surface area (Å²) < 4.78 is 10.8. The van der Waals surface area contributed by atoms with E-state index < -0.39 is 6.10 Å². The topological polar surface area (TPSA) is 71.7 Å². The predicted molar refractivity (Wildman–Crippen MR) is 92.2 cm³/mol. The van der Waals surface area contributed by atoms with Crippen LogP contribution in [0.5, 0.6) is 5.75 Å². The molecule has 1 atom stereocenters. The van der Waals surface area contributed by atoms with E-state index in [0.717, 1.165) is 18.8 Å². The Morgan fingerprint density at radius 3 is 2.48 bits per heavy atom. The van der Waals surface area contributed by atoms with Crippen LogP contribution in [-0.4, -0.2) is 58.1 Å². The number of hydrogen-bond acceptors (Lipinski definition) is 6. The van der Waals surface area contributed by atoms with E-state index in [0.29, 0.717) is 31.3 Å². The van der Waals surface area contributed by atoms with Gasteiger partial charge in [-0.25, -0.2) is 0 Å². The van der Waals surface area contributed by atoms with Gasteiger partial charge in [-0.1, -0.05) is 22.9 Å². The van der Waals surface area contributed by atoms with Crippen molar-refractivity contribution in [1.29, 1.82) is 0 Å². The van der Waals surface area contributed by atoms with Gasteiger partial charge in [-0.15, -0.1) is 0 Å². The molecule has 0 radical (unpaired) electrons. The van der Waals surface area contributed by atoms with Crippen LogP contribution in [0, 0.1) is 13.8 Å². The molecule has 1 aromatic heterocycles. The lowest BCUT2D eigenvalue weighted by atomic mass is 10.2. The first kappa shape index (κ1) is 17.4. The molecule has 0 spiro atoms. The van der Waals surface area contributed by atoms with Crippen molar-refractivity contribution in [3.05, 3.63) is 41.5 Å². The molecule has 0 unspecified atom stereocenters. The van der Waals surface area contributed by atoms with E-state index in [1.54, 1.807) is 13.8 Å². The smallest absolute Gasteiger partial charge is 0.263 e. The fraction of sp³-hybridized carbons (Fsp3) is 0.500. The van der Waals surface area contributed by atoms with Crippen LogP contribution in [-0.2, 0) is 11.3 Å². The summed E-state index contributed by atoms with van der Waals surface area (Å²) in [5.74, 6) is 2.01. The summed E-state index contributed by atoms with van der Waals surface area (Å²) in [4.78, 5) is 20.9. The summed E-state index contributed by atoms with van der Waals surface area (Å²) in [6.07, 6.45) is -0.492. The molecule has 1 aromatic carbocycles. The van der Waals surface area contributed by atoms with E-state index in [2.05, 4.69) is 15.0 Å². The molecule has 0 N–H and O–H groups in total. The molecule has 3 rings (SSSR count). The van der Waals surface area contributed by atoms with Gasteiger partial charge >= 0.3 is 0 Å². The number of carbonyl (C=O) groups excluding carboxylic acids is 1. The summed E-state index contributed by atoms with van der Waals surface area (Å²) in [6.45, 7) is 9.18. The molecule has 1 saturated heterocycles. The number of aryl methyl sites for hydroxylation is 2. The standard InChI is InChI=1S/C18H24N4O3/c1-13-4-6-16(7-5-13)24-14(2)18(23)22-10-8-21(9-11-22)12-17-19-15(3)25-20-17/h4-7,14H,8-12H2,1-3H3/t14-/m1/s1. The van der Waals surface area contributed by atoms with Crippen molar-refractivity contribution in [1.82, 2.24) is 19.9 Å². The van der Waals surface area contributed by atoms with Crippen LogP contribution in [0.2, 0.25) is 0 Å². The molecule has 2 aromatic rings. The Kier molecular flexibility index (Phi) is 5.33. The van der Waals surface area contributed by atoms with E-state index in [9.17, 15) is 4.79 Å². The van der Waals surface area contributed by atoms with Crippen LogP contribution in [0.1, 0.15) is 24.2 Å². The molecule has 2 heterocycles. The van der Waals surface area contributed by atoms with Crippen molar-refractivity contribution in [2.24, 2.45) is 0 Å². The van der Waals surface area contributed by atoms with Crippen molar-refractivity contribution in [3.63, 3.8) is 0 Å². The van der Waals surface area contributed by atoms with E-state index in [4.69, 9.17) is 9.26 Å². The Hall–Kier alpha value is -2.41. The van der Waals surface area contributed by atoms with E-state index in [1.165, 1.54) is 5.56 Å². The first-order valence-corrected chi connectivity index (χ1v) is 8.55. The van der Waals surface area contributed by atoms with Crippen molar-refractivity contribution in [2.45, 2.75) is 33.4 Å². The lowest BCUT2D eigenvalue weighted by Gasteiger charge is -2.35. The summed E-state index contributed by atoms with van der Waals surface area (Å²) >= 11 is 0. The quantitative estimate of drug-likeness (QED) is 0.824. The minimum atomic E-state index is -0.492. The zero-order valence-electron chi connectivity index (χ0n) is 14.9. The van der Waals surface area contributed by atoms with Gasteiger partial charge in [0.1, 0.15) is 5.75 Å². The number of piperazine rings is 1. The normalized spacial score (nSPS) is 16.7. The van der Waals surface area contributed by atoms with Crippen LogP contribution in [0.25, 0.3) is 0 Å². The van der Waals surface area contributed by atoms with Crippen molar-refractivity contribution in [3.8, 4) is 5.75 Å². The Labute approximate surface area is 147 Å². The Bertz CT molecular complexity index is 705. The van der Waals surface area contributed by atoms with Crippen LogP contribution in [0.15, 0.2) is 28.8 Å². The zero-order valence-corrected chi connectivity index (χ0v) is 14.9. The minimum Gasteiger partial charge on any atom is -0.481 e. The molecule has 7 nitrogen and oxygen atoms in total. The van der Waals surface area contributed by atoms with Crippen LogP contribution in [0.3, 0.4) is 0 Å². The number of aromatic nitrogens is 2. The number of amides is 1. The van der Waals surface area contributed by atoms with Crippen molar-refractivity contribution < 1.29 is 14.1 Å². The fourth-order valence-electron chi connectivity index (χ4n) is 2.86. The number of nitrogens with zero attached hydrogens (tertiary/aromatic N) is 4. The SMILES string of the molecule is Cc1ccc(O[C@H](C)C(=O)N2CCN(Cc3noc(C)n3)CC2)cc1. The van der Waals surface area contributed by atoms with Gasteiger partial charge in [0, 0.05) is 33.1 Å². The molecular weight excluding hydrogens is 320 g/mol. The molecule has 134 valence electrons. The summed E-state index contributed by atoms with van der Waals surface area (Å²) in [7, 11) is 0. The number of ether oxygens (including phenoxy) is 1. The van der Waals surface area contributed by atoms with E-state index in [1.807, 2.05) is 36.1 Å². The lowest BCUT2D eigenvalue weighted by molar-refractivity contribution is -0.139. The minimum absolute atomic E-state index is 0.0237. The number of benzene rings is 1. The van der Waals surface area contributed by atoms with Gasteiger partial charge in [0.15, 0.2) is 11.9 Å². The van der Waals surface area contributed by atoms with Gasteiger partial charge in [0.05, 0.1) is 6.54 Å². The van der Waals surface area contributed by atoms with Crippen molar-refractivity contribution >= 4 is 5.91 Å². The Morgan fingerprint density at radius 2 is 1.88 bits per heavy atom. The number of hydrogen-bond donors (Lipinski definition) is 0. The monoisotopic (exact) mass is 344 g/mol. The molecule has 1 aliphatic rings. The second-order valence-corrected chi connectivity index (χ2v) is 6.40. The van der Waals surface area contributed by atoms with Gasteiger partial charge < -0.3 is 14.2 Å². The van der Waals surface area contributed by atoms with Gasteiger partial charge in [-0.2, -0.15) is 4.98 Å². The third-order valence-corrected chi connectivity index (χ3v) is 4.30. The van der Waals surface area contributed by atoms with Gasteiger partial charge in [-0.05, 0) is 26.0 Å².